The maximum Gasteiger partial charge on any atom is 0.270 e. The van der Waals surface area contributed by atoms with Crippen LogP contribution in [0.4, 0.5) is 0 Å². The van der Waals surface area contributed by atoms with E-state index in [1.54, 1.807) is 30.2 Å². The maximum atomic E-state index is 12.9. The summed E-state index contributed by atoms with van der Waals surface area (Å²) in [6, 6.07) is 12.8. The van der Waals surface area contributed by atoms with E-state index in [-0.39, 0.29) is 5.91 Å². The van der Waals surface area contributed by atoms with E-state index in [4.69, 9.17) is 13.9 Å². The Balaban J connectivity index is 1.54. The van der Waals surface area contributed by atoms with Gasteiger partial charge in [0.15, 0.2) is 5.76 Å². The van der Waals surface area contributed by atoms with Crippen LogP contribution >= 0.6 is 0 Å². The lowest BCUT2D eigenvalue weighted by molar-refractivity contribution is 0.0383. The molecule has 152 valence electrons. The third-order valence-electron chi connectivity index (χ3n) is 4.85. The molecule has 1 saturated heterocycles. The zero-order valence-electron chi connectivity index (χ0n) is 16.3. The molecule has 0 saturated carbocycles. The number of rotatable bonds is 7. The van der Waals surface area contributed by atoms with Crippen LogP contribution in [-0.2, 0) is 4.74 Å². The molecule has 1 aromatic carbocycles. The number of hydrogen-bond donors (Lipinski definition) is 1. The van der Waals surface area contributed by atoms with Gasteiger partial charge in [-0.25, -0.2) is 4.68 Å². The van der Waals surface area contributed by atoms with Crippen LogP contribution in [0.3, 0.4) is 0 Å². The lowest BCUT2D eigenvalue weighted by Gasteiger charge is -2.26. The molecule has 1 fully saturated rings. The van der Waals surface area contributed by atoms with Crippen molar-refractivity contribution in [1.82, 2.24) is 20.0 Å². The minimum atomic E-state index is -0.181. The summed E-state index contributed by atoms with van der Waals surface area (Å²) in [6.45, 7) is 4.61. The van der Waals surface area contributed by atoms with E-state index in [0.29, 0.717) is 23.7 Å². The number of nitrogens with zero attached hydrogens (tertiary/aromatic N) is 3. The summed E-state index contributed by atoms with van der Waals surface area (Å²) in [6.07, 6.45) is 1.59. The van der Waals surface area contributed by atoms with Crippen molar-refractivity contribution >= 4 is 5.91 Å². The summed E-state index contributed by atoms with van der Waals surface area (Å²) in [7, 11) is 1.62. The molecule has 4 rings (SSSR count). The summed E-state index contributed by atoms with van der Waals surface area (Å²) in [5.41, 5.74) is 1.81. The van der Waals surface area contributed by atoms with E-state index in [0.717, 1.165) is 44.3 Å². The first-order valence-electron chi connectivity index (χ1n) is 9.61. The number of carbonyl (C=O) groups is 1. The van der Waals surface area contributed by atoms with Crippen molar-refractivity contribution in [2.24, 2.45) is 0 Å². The Kier molecular flexibility index (Phi) is 5.92. The maximum absolute atomic E-state index is 12.9. The number of carbonyl (C=O) groups excluding carboxylic acids is 1. The molecule has 0 atom stereocenters. The highest BCUT2D eigenvalue weighted by Gasteiger charge is 2.19. The second-order valence-corrected chi connectivity index (χ2v) is 6.71. The molecule has 3 aromatic rings. The first-order chi connectivity index (χ1) is 14.2. The van der Waals surface area contributed by atoms with E-state index in [2.05, 4.69) is 15.3 Å². The molecule has 8 heteroatoms. The SMILES string of the molecule is COc1ccc(-n2nc(-c3ccco3)cc2C(=O)NCCN2CCOCC2)cc1. The molecule has 0 spiro atoms. The summed E-state index contributed by atoms with van der Waals surface area (Å²) < 4.78 is 17.7. The molecule has 0 bridgehead atoms. The lowest BCUT2D eigenvalue weighted by Crippen LogP contribution is -2.41. The average molecular weight is 396 g/mol. The Labute approximate surface area is 169 Å². The molecule has 0 unspecified atom stereocenters. The van der Waals surface area contributed by atoms with Gasteiger partial charge in [-0.3, -0.25) is 9.69 Å². The largest absolute Gasteiger partial charge is 0.497 e. The first-order valence-corrected chi connectivity index (χ1v) is 9.61. The molecule has 8 nitrogen and oxygen atoms in total. The minimum absolute atomic E-state index is 0.181. The van der Waals surface area contributed by atoms with E-state index >= 15 is 0 Å². The van der Waals surface area contributed by atoms with Crippen LogP contribution in [0.1, 0.15) is 10.5 Å². The third-order valence-corrected chi connectivity index (χ3v) is 4.85. The van der Waals surface area contributed by atoms with Gasteiger partial charge in [-0.1, -0.05) is 0 Å². The van der Waals surface area contributed by atoms with Gasteiger partial charge in [0.1, 0.15) is 17.1 Å². The summed E-state index contributed by atoms with van der Waals surface area (Å²) in [5, 5.41) is 7.59. The van der Waals surface area contributed by atoms with Crippen LogP contribution in [0.25, 0.3) is 17.1 Å². The van der Waals surface area contributed by atoms with Gasteiger partial charge in [0.05, 0.1) is 32.3 Å². The molecule has 1 aliphatic heterocycles. The summed E-state index contributed by atoms with van der Waals surface area (Å²) in [4.78, 5) is 15.2. The Morgan fingerprint density at radius 1 is 1.21 bits per heavy atom. The highest BCUT2D eigenvalue weighted by atomic mass is 16.5. The van der Waals surface area contributed by atoms with Gasteiger partial charge >= 0.3 is 0 Å². The number of nitrogens with one attached hydrogen (secondary N) is 1. The predicted molar refractivity (Wildman–Crippen MR) is 107 cm³/mol. The van der Waals surface area contributed by atoms with Gasteiger partial charge in [-0.05, 0) is 36.4 Å². The molecule has 2 aromatic heterocycles. The van der Waals surface area contributed by atoms with Crippen molar-refractivity contribution in [1.29, 1.82) is 0 Å². The minimum Gasteiger partial charge on any atom is -0.497 e. The number of amides is 1. The monoisotopic (exact) mass is 396 g/mol. The summed E-state index contributed by atoms with van der Waals surface area (Å²) in [5.74, 6) is 1.17. The second-order valence-electron chi connectivity index (χ2n) is 6.71. The number of hydrogen-bond acceptors (Lipinski definition) is 6. The van der Waals surface area contributed by atoms with Crippen LogP contribution in [0.2, 0.25) is 0 Å². The quantitative estimate of drug-likeness (QED) is 0.659. The molecular weight excluding hydrogens is 372 g/mol. The van der Waals surface area contributed by atoms with Gasteiger partial charge in [0, 0.05) is 32.2 Å². The molecule has 1 amide bonds. The van der Waals surface area contributed by atoms with Crippen LogP contribution in [0, 0.1) is 0 Å². The Hall–Kier alpha value is -3.10. The molecular formula is C21H24N4O4. The third kappa shape index (κ3) is 4.49. The molecule has 29 heavy (non-hydrogen) atoms. The van der Waals surface area contributed by atoms with Crippen molar-refractivity contribution in [3.8, 4) is 22.9 Å². The Bertz CT molecular complexity index is 928. The van der Waals surface area contributed by atoms with Crippen LogP contribution in [0.15, 0.2) is 53.1 Å². The first kappa shape index (κ1) is 19.2. The molecule has 1 N–H and O–H groups in total. The van der Waals surface area contributed by atoms with E-state index < -0.39 is 0 Å². The fourth-order valence-electron chi connectivity index (χ4n) is 3.25. The lowest BCUT2D eigenvalue weighted by atomic mass is 10.2. The van der Waals surface area contributed by atoms with Crippen LogP contribution in [0.5, 0.6) is 5.75 Å². The standard InChI is InChI=1S/C21H24N4O4/c1-27-17-6-4-16(5-7-17)25-19(15-18(23-25)20-3-2-12-29-20)21(26)22-8-9-24-10-13-28-14-11-24/h2-7,12,15H,8-11,13-14H2,1H3,(H,22,26). The van der Waals surface area contributed by atoms with Gasteiger partial charge in [-0.2, -0.15) is 5.10 Å². The average Bonchev–Trinajstić information content (AvgIpc) is 3.44. The summed E-state index contributed by atoms with van der Waals surface area (Å²) >= 11 is 0. The second kappa shape index (κ2) is 8.93. The van der Waals surface area contributed by atoms with Crippen molar-refractivity contribution in [3.63, 3.8) is 0 Å². The molecule has 0 aliphatic carbocycles. The number of ether oxygens (including phenoxy) is 2. The smallest absolute Gasteiger partial charge is 0.270 e. The van der Waals surface area contributed by atoms with Crippen molar-refractivity contribution in [2.75, 3.05) is 46.5 Å². The number of morpholine rings is 1. The zero-order chi connectivity index (χ0) is 20.1. The zero-order valence-corrected chi connectivity index (χ0v) is 16.3. The molecule has 0 radical (unpaired) electrons. The van der Waals surface area contributed by atoms with Gasteiger partial charge in [0.25, 0.3) is 5.91 Å². The van der Waals surface area contributed by atoms with E-state index in [9.17, 15) is 4.79 Å². The Morgan fingerprint density at radius 3 is 2.69 bits per heavy atom. The van der Waals surface area contributed by atoms with Gasteiger partial charge in [-0.15, -0.1) is 0 Å². The molecule has 3 heterocycles. The van der Waals surface area contributed by atoms with Crippen molar-refractivity contribution < 1.29 is 18.7 Å². The topological polar surface area (TPSA) is 81.8 Å². The number of furan rings is 1. The van der Waals surface area contributed by atoms with E-state index in [1.165, 1.54) is 0 Å². The highest BCUT2D eigenvalue weighted by molar-refractivity contribution is 5.94. The Morgan fingerprint density at radius 2 is 2.00 bits per heavy atom. The van der Waals surface area contributed by atoms with Crippen LogP contribution in [-0.4, -0.2) is 67.1 Å². The normalized spacial score (nSPS) is 14.7. The van der Waals surface area contributed by atoms with E-state index in [1.807, 2.05) is 30.3 Å². The number of methoxy groups -OCH3 is 1. The van der Waals surface area contributed by atoms with Crippen molar-refractivity contribution in [3.05, 3.63) is 54.4 Å². The highest BCUT2D eigenvalue weighted by Crippen LogP contribution is 2.23. The fourth-order valence-corrected chi connectivity index (χ4v) is 3.25. The molecule has 1 aliphatic rings. The van der Waals surface area contributed by atoms with Gasteiger partial charge in [0.2, 0.25) is 0 Å². The van der Waals surface area contributed by atoms with Crippen LogP contribution < -0.4 is 10.1 Å². The van der Waals surface area contributed by atoms with Crippen molar-refractivity contribution in [2.45, 2.75) is 0 Å². The fraction of sp³-hybridized carbons (Fsp3) is 0.333. The predicted octanol–water partition coefficient (Wildman–Crippen LogP) is 2.20. The number of benzene rings is 1. The number of aromatic nitrogens is 2. The van der Waals surface area contributed by atoms with Gasteiger partial charge < -0.3 is 19.2 Å².